The minimum atomic E-state index is 0.000289. The number of methoxy groups -OCH3 is 1. The quantitative estimate of drug-likeness (QED) is 0.695. The number of phenolic OH excluding ortho intramolecular Hbond substituents is 1. The minimum absolute atomic E-state index is 0.000289. The third-order valence-corrected chi connectivity index (χ3v) is 1.54. The zero-order chi connectivity index (χ0) is 9.84. The Morgan fingerprint density at radius 1 is 1.83 bits per heavy atom. The van der Waals surface area contributed by atoms with Crippen molar-refractivity contribution >= 4 is 0 Å². The van der Waals surface area contributed by atoms with Gasteiger partial charge in [0.15, 0.2) is 11.5 Å². The molecule has 0 radical (unpaired) electrons. The van der Waals surface area contributed by atoms with Crippen LogP contribution < -0.4 is 4.74 Å². The highest BCUT2D eigenvalue weighted by Gasteiger charge is 2.00. The Balaban J connectivity index is 3.13. The second-order valence-corrected chi connectivity index (χ2v) is 2.40. The Morgan fingerprint density at radius 3 is 3.17 bits per heavy atom. The molecular weight excluding hydrogens is 152 g/mol. The molecule has 1 aromatic carbocycles. The van der Waals surface area contributed by atoms with Crippen molar-refractivity contribution in [3.63, 3.8) is 0 Å². The molecule has 0 spiro atoms. The molecule has 0 atom stereocenters. The van der Waals surface area contributed by atoms with Gasteiger partial charge in [-0.3, -0.25) is 0 Å². The number of hydrogen-bond acceptors (Lipinski definition) is 2. The molecule has 64 valence electrons. The molecule has 1 rings (SSSR count). The third-order valence-electron chi connectivity index (χ3n) is 1.54. The Bertz CT molecular complexity index is 321. The van der Waals surface area contributed by atoms with Crippen LogP contribution >= 0.6 is 0 Å². The van der Waals surface area contributed by atoms with E-state index in [4.69, 9.17) is 6.11 Å². The van der Waals surface area contributed by atoms with E-state index in [0.717, 1.165) is 5.56 Å². The number of ether oxygens (including phenoxy) is 1. The summed E-state index contributed by atoms with van der Waals surface area (Å²) in [5.74, 6) is 0.396. The number of phenols is 1. The highest BCUT2D eigenvalue weighted by atomic mass is 16.5. The predicted octanol–water partition coefficient (Wildman–Crippen LogP) is 2.13. The molecule has 0 aliphatic heterocycles. The molecule has 12 heavy (non-hydrogen) atoms. The smallest absolute Gasteiger partial charge is 0.160 e. The van der Waals surface area contributed by atoms with E-state index in [0.29, 0.717) is 18.2 Å². The van der Waals surface area contributed by atoms with Gasteiger partial charge in [-0.2, -0.15) is 0 Å². The third kappa shape index (κ3) is 1.78. The Labute approximate surface area is 73.5 Å². The van der Waals surface area contributed by atoms with Crippen LogP contribution in [0.4, 0.5) is 0 Å². The van der Waals surface area contributed by atoms with Gasteiger partial charge in [0.1, 0.15) is 0 Å². The zero-order valence-corrected chi connectivity index (χ0v) is 7.00. The van der Waals surface area contributed by atoms with Crippen LogP contribution in [0.2, 0.25) is 0 Å². The second kappa shape index (κ2) is 3.81. The van der Waals surface area contributed by atoms with Crippen LogP contribution in [0, 0.1) is 0 Å². The largest absolute Gasteiger partial charge is 0.504 e. The van der Waals surface area contributed by atoms with Crippen molar-refractivity contribution in [2.45, 2.75) is 6.42 Å². The van der Waals surface area contributed by atoms with Crippen molar-refractivity contribution in [1.29, 1.82) is 0 Å². The van der Waals surface area contributed by atoms with E-state index in [2.05, 4.69) is 6.58 Å². The van der Waals surface area contributed by atoms with Crippen molar-refractivity contribution in [3.8, 4) is 11.5 Å². The SMILES string of the molecule is [2H]c1cc(O)c(OC)cc1CC=C. The van der Waals surface area contributed by atoms with Crippen LogP contribution in [0.5, 0.6) is 11.5 Å². The average molecular weight is 165 g/mol. The van der Waals surface area contributed by atoms with Gasteiger partial charge in [-0.15, -0.1) is 6.58 Å². The van der Waals surface area contributed by atoms with Crippen LogP contribution in [0.1, 0.15) is 6.93 Å². The van der Waals surface area contributed by atoms with Gasteiger partial charge in [-0.1, -0.05) is 12.1 Å². The van der Waals surface area contributed by atoms with Gasteiger partial charge < -0.3 is 9.84 Å². The first-order valence-electron chi connectivity index (χ1n) is 4.16. The molecule has 0 aromatic heterocycles. The summed E-state index contributed by atoms with van der Waals surface area (Å²) in [5, 5.41) is 9.31. The minimum Gasteiger partial charge on any atom is -0.504 e. The monoisotopic (exact) mass is 165 g/mol. The normalized spacial score (nSPS) is 10.6. The first-order valence-corrected chi connectivity index (χ1v) is 3.66. The molecular formula is C10H12O2. The molecule has 1 N–H and O–H groups in total. The standard InChI is InChI=1S/C10H12O2/c1-3-4-8-5-6-9(11)10(7-8)12-2/h3,5-7,11H,1,4H2,2H3/i5D. The summed E-state index contributed by atoms with van der Waals surface area (Å²) in [5.41, 5.74) is 0.796. The molecule has 0 bridgehead atoms. The van der Waals surface area contributed by atoms with Gasteiger partial charge in [-0.05, 0) is 24.1 Å². The van der Waals surface area contributed by atoms with E-state index >= 15 is 0 Å². The maximum atomic E-state index is 9.31. The molecule has 0 fully saturated rings. The number of allylic oxidation sites excluding steroid dienone is 1. The molecule has 2 heteroatoms. The number of aromatic hydroxyl groups is 1. The predicted molar refractivity (Wildman–Crippen MR) is 48.6 cm³/mol. The van der Waals surface area contributed by atoms with Gasteiger partial charge in [0, 0.05) is 0 Å². The maximum Gasteiger partial charge on any atom is 0.160 e. The van der Waals surface area contributed by atoms with Gasteiger partial charge in [0.25, 0.3) is 0 Å². The lowest BCUT2D eigenvalue weighted by atomic mass is 10.1. The topological polar surface area (TPSA) is 29.5 Å². The number of hydrogen-bond donors (Lipinski definition) is 1. The van der Waals surface area contributed by atoms with E-state index < -0.39 is 0 Å². The van der Waals surface area contributed by atoms with Crippen molar-refractivity contribution in [2.24, 2.45) is 0 Å². The Morgan fingerprint density at radius 2 is 2.58 bits per heavy atom. The Hall–Kier alpha value is -1.44. The van der Waals surface area contributed by atoms with Gasteiger partial charge in [-0.25, -0.2) is 0 Å². The summed E-state index contributed by atoms with van der Waals surface area (Å²) >= 11 is 0. The van der Waals surface area contributed by atoms with Crippen molar-refractivity contribution in [1.82, 2.24) is 0 Å². The molecule has 0 aliphatic rings. The van der Waals surface area contributed by atoms with Crippen LogP contribution in [0.25, 0.3) is 0 Å². The van der Waals surface area contributed by atoms with Gasteiger partial charge in [0.05, 0.1) is 8.48 Å². The summed E-state index contributed by atoms with van der Waals surface area (Å²) in [6.07, 6.45) is 2.32. The van der Waals surface area contributed by atoms with Crippen LogP contribution in [0.3, 0.4) is 0 Å². The first kappa shape index (κ1) is 7.22. The lowest BCUT2D eigenvalue weighted by molar-refractivity contribution is 0.373. The summed E-state index contributed by atoms with van der Waals surface area (Å²) < 4.78 is 12.4. The van der Waals surface area contributed by atoms with Gasteiger partial charge >= 0.3 is 0 Å². The number of benzene rings is 1. The zero-order valence-electron chi connectivity index (χ0n) is 8.00. The lowest BCUT2D eigenvalue weighted by Crippen LogP contribution is -1.86. The molecule has 1 aromatic rings. The van der Waals surface area contributed by atoms with E-state index in [1.807, 2.05) is 0 Å². The molecule has 0 amide bonds. The summed E-state index contributed by atoms with van der Waals surface area (Å²) in [7, 11) is 1.48. The summed E-state index contributed by atoms with van der Waals surface area (Å²) in [6, 6.07) is 3.33. The fourth-order valence-corrected chi connectivity index (χ4v) is 0.943. The van der Waals surface area contributed by atoms with Crippen LogP contribution in [0.15, 0.2) is 30.8 Å². The molecule has 2 nitrogen and oxygen atoms in total. The fraction of sp³-hybridized carbons (Fsp3) is 0.200. The number of rotatable bonds is 3. The highest BCUT2D eigenvalue weighted by Crippen LogP contribution is 2.26. The van der Waals surface area contributed by atoms with Crippen molar-refractivity contribution < 1.29 is 11.2 Å². The Kier molecular flexibility index (Phi) is 2.29. The molecule has 0 heterocycles. The average Bonchev–Trinajstić information content (AvgIpc) is 2.10. The molecule has 0 saturated heterocycles. The maximum absolute atomic E-state index is 9.31. The summed E-state index contributed by atoms with van der Waals surface area (Å²) in [6.45, 7) is 3.59. The van der Waals surface area contributed by atoms with E-state index in [9.17, 15) is 5.11 Å². The fourth-order valence-electron chi connectivity index (χ4n) is 0.943. The van der Waals surface area contributed by atoms with E-state index in [1.54, 1.807) is 12.1 Å². The molecule has 0 saturated carbocycles. The van der Waals surface area contributed by atoms with E-state index in [-0.39, 0.29) is 5.75 Å². The molecule has 0 aliphatic carbocycles. The first-order chi connectivity index (χ1) is 6.19. The summed E-state index contributed by atoms with van der Waals surface area (Å²) in [4.78, 5) is 0. The van der Waals surface area contributed by atoms with E-state index in [1.165, 1.54) is 13.2 Å². The van der Waals surface area contributed by atoms with Crippen LogP contribution in [-0.4, -0.2) is 12.2 Å². The molecule has 0 unspecified atom stereocenters. The van der Waals surface area contributed by atoms with Crippen molar-refractivity contribution in [3.05, 3.63) is 36.4 Å². The van der Waals surface area contributed by atoms with Crippen molar-refractivity contribution in [2.75, 3.05) is 7.11 Å². The highest BCUT2D eigenvalue weighted by molar-refractivity contribution is 5.42. The lowest BCUT2D eigenvalue weighted by Gasteiger charge is -2.04. The second-order valence-electron chi connectivity index (χ2n) is 2.40. The van der Waals surface area contributed by atoms with Crippen LogP contribution in [-0.2, 0) is 6.42 Å². The van der Waals surface area contributed by atoms with Gasteiger partial charge in [0.2, 0.25) is 0 Å².